The van der Waals surface area contributed by atoms with Gasteiger partial charge in [0.25, 0.3) is 0 Å². The zero-order valence-electron chi connectivity index (χ0n) is 19.2. The van der Waals surface area contributed by atoms with Crippen molar-refractivity contribution in [3.8, 4) is 11.5 Å². The van der Waals surface area contributed by atoms with E-state index < -0.39 is 12.1 Å². The van der Waals surface area contributed by atoms with Gasteiger partial charge in [-0.1, -0.05) is 12.1 Å². The number of carbonyl (C=O) groups excluding carboxylic acids is 1. The molecule has 1 saturated carbocycles. The number of hydrogen-bond donors (Lipinski definition) is 2. The highest BCUT2D eigenvalue weighted by molar-refractivity contribution is 5.89. The molecule has 8 heteroatoms. The molecule has 3 rings (SSSR count). The van der Waals surface area contributed by atoms with Crippen molar-refractivity contribution in [3.63, 3.8) is 0 Å². The van der Waals surface area contributed by atoms with Crippen molar-refractivity contribution >= 4 is 17.7 Å². The SMILES string of the molecule is CCOC(Cc1ccc(OCCN(CC2CC2)C(=O)Nc2ccc(OC)cc2)cc1)C(=O)O. The van der Waals surface area contributed by atoms with Gasteiger partial charge in [0.05, 0.1) is 13.7 Å². The van der Waals surface area contributed by atoms with Crippen LogP contribution in [0.2, 0.25) is 0 Å². The number of benzene rings is 2. The number of aliphatic carboxylic acids is 1. The topological polar surface area (TPSA) is 97.3 Å². The van der Waals surface area contributed by atoms with Gasteiger partial charge in [-0.2, -0.15) is 0 Å². The number of carbonyl (C=O) groups is 2. The van der Waals surface area contributed by atoms with E-state index in [1.54, 1.807) is 31.1 Å². The number of anilines is 1. The zero-order chi connectivity index (χ0) is 23.6. The second-order valence-corrected chi connectivity index (χ2v) is 8.03. The number of carboxylic acid groups (broad SMARTS) is 1. The van der Waals surface area contributed by atoms with Gasteiger partial charge in [-0.05, 0) is 67.6 Å². The molecule has 0 aromatic heterocycles. The van der Waals surface area contributed by atoms with Crippen molar-refractivity contribution in [2.24, 2.45) is 5.92 Å². The van der Waals surface area contributed by atoms with E-state index in [2.05, 4.69) is 5.32 Å². The van der Waals surface area contributed by atoms with E-state index in [1.165, 1.54) is 0 Å². The highest BCUT2D eigenvalue weighted by Gasteiger charge is 2.27. The van der Waals surface area contributed by atoms with E-state index in [0.717, 1.165) is 24.2 Å². The Kier molecular flexibility index (Phi) is 8.95. The lowest BCUT2D eigenvalue weighted by Gasteiger charge is -2.23. The number of ether oxygens (including phenoxy) is 3. The number of urea groups is 1. The van der Waals surface area contributed by atoms with Crippen molar-refractivity contribution in [3.05, 3.63) is 54.1 Å². The molecular weight excluding hydrogens is 424 g/mol. The molecule has 0 spiro atoms. The van der Waals surface area contributed by atoms with E-state index in [9.17, 15) is 14.7 Å². The molecule has 2 aromatic rings. The van der Waals surface area contributed by atoms with E-state index >= 15 is 0 Å². The Balaban J connectivity index is 1.50. The molecule has 2 amide bonds. The fraction of sp³-hybridized carbons (Fsp3) is 0.440. The van der Waals surface area contributed by atoms with Gasteiger partial charge in [0.1, 0.15) is 18.1 Å². The van der Waals surface area contributed by atoms with Crippen LogP contribution in [0.1, 0.15) is 25.3 Å². The smallest absolute Gasteiger partial charge is 0.333 e. The van der Waals surface area contributed by atoms with Crippen molar-refractivity contribution < 1.29 is 28.9 Å². The summed E-state index contributed by atoms with van der Waals surface area (Å²) in [7, 11) is 1.60. The van der Waals surface area contributed by atoms with Crippen molar-refractivity contribution in [1.82, 2.24) is 4.90 Å². The predicted molar refractivity (Wildman–Crippen MR) is 125 cm³/mol. The summed E-state index contributed by atoms with van der Waals surface area (Å²) in [4.78, 5) is 25.8. The third kappa shape index (κ3) is 7.98. The molecule has 2 N–H and O–H groups in total. The first-order chi connectivity index (χ1) is 16.0. The molecule has 1 aliphatic carbocycles. The first-order valence-corrected chi connectivity index (χ1v) is 11.2. The van der Waals surface area contributed by atoms with Crippen molar-refractivity contribution in [1.29, 1.82) is 0 Å². The summed E-state index contributed by atoms with van der Waals surface area (Å²) in [5.41, 5.74) is 1.57. The van der Waals surface area contributed by atoms with E-state index in [-0.39, 0.29) is 6.03 Å². The third-order valence-electron chi connectivity index (χ3n) is 5.42. The third-order valence-corrected chi connectivity index (χ3v) is 5.42. The van der Waals surface area contributed by atoms with Crippen LogP contribution in [0.15, 0.2) is 48.5 Å². The number of nitrogens with one attached hydrogen (secondary N) is 1. The van der Waals surface area contributed by atoms with Crippen LogP contribution in [0.3, 0.4) is 0 Å². The molecule has 178 valence electrons. The van der Waals surface area contributed by atoms with Gasteiger partial charge in [-0.15, -0.1) is 0 Å². The molecule has 0 heterocycles. The standard InChI is InChI=1S/C25H32N2O6/c1-3-32-23(24(28)29)16-18-6-10-22(11-7-18)33-15-14-27(17-19-4-5-19)25(30)26-20-8-12-21(31-2)13-9-20/h6-13,19,23H,3-5,14-17H2,1-2H3,(H,26,30)(H,28,29). The second-order valence-electron chi connectivity index (χ2n) is 8.03. The largest absolute Gasteiger partial charge is 0.497 e. The molecule has 0 saturated heterocycles. The van der Waals surface area contributed by atoms with Gasteiger partial charge in [0.15, 0.2) is 6.10 Å². The predicted octanol–water partition coefficient (Wildman–Crippen LogP) is 4.05. The van der Waals surface area contributed by atoms with Gasteiger partial charge in [0.2, 0.25) is 0 Å². The lowest BCUT2D eigenvalue weighted by molar-refractivity contribution is -0.149. The van der Waals surface area contributed by atoms with Crippen LogP contribution in [0.4, 0.5) is 10.5 Å². The molecule has 1 fully saturated rings. The highest BCUT2D eigenvalue weighted by atomic mass is 16.5. The van der Waals surface area contributed by atoms with Crippen LogP contribution in [-0.2, 0) is 16.0 Å². The maximum absolute atomic E-state index is 12.8. The van der Waals surface area contributed by atoms with Crippen LogP contribution in [0.25, 0.3) is 0 Å². The quantitative estimate of drug-likeness (QED) is 0.472. The van der Waals surface area contributed by atoms with Gasteiger partial charge in [0, 0.05) is 25.3 Å². The van der Waals surface area contributed by atoms with E-state index in [1.807, 2.05) is 36.4 Å². The van der Waals surface area contributed by atoms with Gasteiger partial charge in [-0.3, -0.25) is 0 Å². The molecule has 1 unspecified atom stereocenters. The second kappa shape index (κ2) is 12.1. The van der Waals surface area contributed by atoms with Crippen LogP contribution in [-0.4, -0.2) is 61.5 Å². The summed E-state index contributed by atoms with van der Waals surface area (Å²) >= 11 is 0. The summed E-state index contributed by atoms with van der Waals surface area (Å²) in [6.45, 7) is 3.65. The molecular formula is C25H32N2O6. The maximum atomic E-state index is 12.8. The number of nitrogens with zero attached hydrogens (tertiary/aromatic N) is 1. The highest BCUT2D eigenvalue weighted by Crippen LogP contribution is 2.30. The first-order valence-electron chi connectivity index (χ1n) is 11.2. The van der Waals surface area contributed by atoms with E-state index in [4.69, 9.17) is 14.2 Å². The molecule has 2 aromatic carbocycles. The molecule has 33 heavy (non-hydrogen) atoms. The van der Waals surface area contributed by atoms with Crippen LogP contribution in [0, 0.1) is 5.92 Å². The Labute approximate surface area is 194 Å². The van der Waals surface area contributed by atoms with Crippen LogP contribution >= 0.6 is 0 Å². The Morgan fingerprint density at radius 2 is 1.76 bits per heavy atom. The van der Waals surface area contributed by atoms with Crippen molar-refractivity contribution in [2.45, 2.75) is 32.3 Å². The van der Waals surface area contributed by atoms with Crippen LogP contribution in [0.5, 0.6) is 11.5 Å². The molecule has 1 aliphatic rings. The van der Waals surface area contributed by atoms with Crippen molar-refractivity contribution in [2.75, 3.05) is 38.7 Å². The maximum Gasteiger partial charge on any atom is 0.333 e. The normalized spacial score (nSPS) is 13.8. The Hall–Kier alpha value is -3.26. The first kappa shape index (κ1) is 24.4. The van der Waals surface area contributed by atoms with Gasteiger partial charge < -0.3 is 29.5 Å². The minimum atomic E-state index is -0.971. The lowest BCUT2D eigenvalue weighted by atomic mass is 10.1. The number of hydrogen-bond acceptors (Lipinski definition) is 5. The van der Waals surface area contributed by atoms with Crippen LogP contribution < -0.4 is 14.8 Å². The van der Waals surface area contributed by atoms with Gasteiger partial charge >= 0.3 is 12.0 Å². The average Bonchev–Trinajstić information content (AvgIpc) is 3.64. The Bertz CT molecular complexity index is 896. The average molecular weight is 457 g/mol. The van der Waals surface area contributed by atoms with Gasteiger partial charge in [-0.25, -0.2) is 9.59 Å². The fourth-order valence-corrected chi connectivity index (χ4v) is 3.39. The molecule has 1 atom stereocenters. The summed E-state index contributed by atoms with van der Waals surface area (Å²) in [5, 5.41) is 12.2. The minimum Gasteiger partial charge on any atom is -0.497 e. The summed E-state index contributed by atoms with van der Waals surface area (Å²) in [6, 6.07) is 14.4. The zero-order valence-corrected chi connectivity index (χ0v) is 19.2. The monoisotopic (exact) mass is 456 g/mol. The Morgan fingerprint density at radius 3 is 2.33 bits per heavy atom. The molecule has 8 nitrogen and oxygen atoms in total. The number of amides is 2. The summed E-state index contributed by atoms with van der Waals surface area (Å²) in [5.74, 6) is 0.988. The number of methoxy groups -OCH3 is 1. The molecule has 0 aliphatic heterocycles. The minimum absolute atomic E-state index is 0.151. The molecule has 0 radical (unpaired) electrons. The Morgan fingerprint density at radius 1 is 1.09 bits per heavy atom. The fourth-order valence-electron chi connectivity index (χ4n) is 3.39. The van der Waals surface area contributed by atoms with E-state index in [0.29, 0.717) is 50.1 Å². The lowest BCUT2D eigenvalue weighted by Crippen LogP contribution is -2.39. The molecule has 0 bridgehead atoms. The summed E-state index contributed by atoms with van der Waals surface area (Å²) in [6.07, 6.45) is 1.73. The number of carboxylic acids is 1. The summed E-state index contributed by atoms with van der Waals surface area (Å²) < 4.78 is 16.3. The number of rotatable bonds is 13.